The molecule has 0 radical (unpaired) electrons. The van der Waals surface area contributed by atoms with Crippen LogP contribution >= 0.6 is 0 Å². The largest absolute Gasteiger partial charge is 0.366 e. The Balaban J connectivity index is 1.17. The van der Waals surface area contributed by atoms with Gasteiger partial charge in [0.25, 0.3) is 5.91 Å². The fraction of sp³-hybridized carbons (Fsp3) is 0.348. The highest BCUT2D eigenvalue weighted by atomic mass is 19.1. The number of hydrogen-bond acceptors (Lipinski definition) is 6. The first-order valence-electron chi connectivity index (χ1n) is 10.8. The third-order valence-corrected chi connectivity index (χ3v) is 6.27. The van der Waals surface area contributed by atoms with Crippen LogP contribution in [0.25, 0.3) is 0 Å². The van der Waals surface area contributed by atoms with Crippen LogP contribution in [0.2, 0.25) is 0 Å². The maximum Gasteiger partial charge on any atom is 0.267 e. The molecule has 0 spiro atoms. The van der Waals surface area contributed by atoms with Gasteiger partial charge >= 0.3 is 0 Å². The second kappa shape index (κ2) is 8.58. The molecular formula is C23H25FN6O2. The molecular weight excluding hydrogens is 411 g/mol. The molecule has 2 aromatic carbocycles. The minimum absolute atomic E-state index is 0.0266. The molecule has 2 fully saturated rings. The smallest absolute Gasteiger partial charge is 0.267 e. The van der Waals surface area contributed by atoms with E-state index in [1.165, 1.54) is 11.1 Å². The number of benzene rings is 2. The SMILES string of the molecule is O=C(CN1N=CN2NC(c3ccccc3)CC2C1=O)N1CCN(c2ccccc2F)CC1. The molecule has 32 heavy (non-hydrogen) atoms. The number of carbonyl (C=O) groups is 2. The summed E-state index contributed by atoms with van der Waals surface area (Å²) in [5, 5.41) is 7.20. The van der Waals surface area contributed by atoms with Crippen molar-refractivity contribution in [2.45, 2.75) is 18.5 Å². The summed E-state index contributed by atoms with van der Waals surface area (Å²) >= 11 is 0. The van der Waals surface area contributed by atoms with Crippen molar-refractivity contribution >= 4 is 23.8 Å². The molecule has 2 saturated heterocycles. The van der Waals surface area contributed by atoms with Crippen molar-refractivity contribution in [3.05, 3.63) is 66.0 Å². The molecule has 3 aliphatic heterocycles. The molecule has 3 aliphatic rings. The average molecular weight is 436 g/mol. The van der Waals surface area contributed by atoms with Gasteiger partial charge in [-0.1, -0.05) is 42.5 Å². The lowest BCUT2D eigenvalue weighted by molar-refractivity contribution is -0.144. The van der Waals surface area contributed by atoms with Gasteiger partial charge in [-0.15, -0.1) is 0 Å². The van der Waals surface area contributed by atoms with E-state index in [4.69, 9.17) is 0 Å². The number of amides is 2. The van der Waals surface area contributed by atoms with Gasteiger partial charge in [0, 0.05) is 26.2 Å². The second-order valence-electron chi connectivity index (χ2n) is 8.20. The molecule has 2 aromatic rings. The molecule has 0 bridgehead atoms. The summed E-state index contributed by atoms with van der Waals surface area (Å²) < 4.78 is 14.0. The zero-order valence-electron chi connectivity index (χ0n) is 17.6. The van der Waals surface area contributed by atoms with E-state index in [0.717, 1.165) is 5.56 Å². The lowest BCUT2D eigenvalue weighted by Crippen LogP contribution is -2.55. The fourth-order valence-electron chi connectivity index (χ4n) is 4.49. The van der Waals surface area contributed by atoms with Gasteiger partial charge in [-0.2, -0.15) is 5.10 Å². The predicted octanol–water partition coefficient (Wildman–Crippen LogP) is 1.58. The first-order chi connectivity index (χ1) is 15.6. The molecule has 9 heteroatoms. The molecule has 2 unspecified atom stereocenters. The van der Waals surface area contributed by atoms with Crippen molar-refractivity contribution in [2.24, 2.45) is 5.10 Å². The summed E-state index contributed by atoms with van der Waals surface area (Å²) in [5.74, 6) is -0.594. The van der Waals surface area contributed by atoms with Crippen molar-refractivity contribution < 1.29 is 14.0 Å². The van der Waals surface area contributed by atoms with Gasteiger partial charge in [0.2, 0.25) is 5.91 Å². The Hall–Kier alpha value is -3.46. The molecule has 0 aliphatic carbocycles. The van der Waals surface area contributed by atoms with Gasteiger partial charge in [-0.25, -0.2) is 14.8 Å². The number of fused-ring (bicyclic) bond motifs is 1. The average Bonchev–Trinajstić information content (AvgIpc) is 3.27. The van der Waals surface area contributed by atoms with Crippen LogP contribution in [0, 0.1) is 5.82 Å². The van der Waals surface area contributed by atoms with Crippen LogP contribution in [-0.4, -0.2) is 71.8 Å². The van der Waals surface area contributed by atoms with Crippen LogP contribution in [-0.2, 0) is 9.59 Å². The second-order valence-corrected chi connectivity index (χ2v) is 8.20. The Morgan fingerprint density at radius 1 is 1.03 bits per heavy atom. The number of hydrazine groups is 1. The number of para-hydroxylation sites is 1. The van der Waals surface area contributed by atoms with Gasteiger partial charge in [0.15, 0.2) is 0 Å². The van der Waals surface area contributed by atoms with Crippen LogP contribution < -0.4 is 10.3 Å². The Morgan fingerprint density at radius 3 is 2.50 bits per heavy atom. The van der Waals surface area contributed by atoms with Gasteiger partial charge in [0.1, 0.15) is 24.7 Å². The van der Waals surface area contributed by atoms with E-state index in [2.05, 4.69) is 10.5 Å². The van der Waals surface area contributed by atoms with Crippen LogP contribution in [0.5, 0.6) is 0 Å². The van der Waals surface area contributed by atoms with E-state index in [9.17, 15) is 14.0 Å². The molecule has 2 atom stereocenters. The minimum Gasteiger partial charge on any atom is -0.366 e. The first-order valence-corrected chi connectivity index (χ1v) is 10.8. The minimum atomic E-state index is -0.386. The number of anilines is 1. The van der Waals surface area contributed by atoms with E-state index in [-0.39, 0.29) is 36.3 Å². The number of hydrazone groups is 1. The zero-order chi connectivity index (χ0) is 22.1. The fourth-order valence-corrected chi connectivity index (χ4v) is 4.49. The number of hydrogen-bond donors (Lipinski definition) is 1. The molecule has 0 saturated carbocycles. The molecule has 5 rings (SSSR count). The van der Waals surface area contributed by atoms with Crippen LogP contribution in [0.3, 0.4) is 0 Å². The topological polar surface area (TPSA) is 71.5 Å². The molecule has 2 amide bonds. The summed E-state index contributed by atoms with van der Waals surface area (Å²) in [6, 6.07) is 16.3. The Labute approximate surface area is 185 Å². The van der Waals surface area contributed by atoms with Crippen molar-refractivity contribution in [1.82, 2.24) is 20.3 Å². The highest BCUT2D eigenvalue weighted by Crippen LogP contribution is 2.29. The number of halogens is 1. The third kappa shape index (κ3) is 3.91. The molecule has 1 N–H and O–H groups in total. The maximum absolute atomic E-state index is 14.0. The first kappa shape index (κ1) is 20.4. The molecule has 166 valence electrons. The Bertz CT molecular complexity index is 1020. The summed E-state index contributed by atoms with van der Waals surface area (Å²) in [4.78, 5) is 29.5. The highest BCUT2D eigenvalue weighted by Gasteiger charge is 2.41. The van der Waals surface area contributed by atoms with Gasteiger partial charge < -0.3 is 9.80 Å². The monoisotopic (exact) mass is 436 g/mol. The van der Waals surface area contributed by atoms with Crippen molar-refractivity contribution in [3.63, 3.8) is 0 Å². The number of carbonyl (C=O) groups excluding carboxylic acids is 2. The van der Waals surface area contributed by atoms with Gasteiger partial charge in [-0.3, -0.25) is 14.6 Å². The van der Waals surface area contributed by atoms with Crippen molar-refractivity contribution in [3.8, 4) is 0 Å². The molecule has 3 heterocycles. The standard InChI is InChI=1S/C23H25FN6O2/c24-18-8-4-5-9-20(18)27-10-12-28(13-11-27)22(31)15-29-23(32)21-14-19(26-30(21)16-25-29)17-6-2-1-3-7-17/h1-9,16,19,21,26H,10-15H2. The summed E-state index contributed by atoms with van der Waals surface area (Å²) in [6.45, 7) is 1.96. The number of rotatable bonds is 4. The zero-order valence-corrected chi connectivity index (χ0v) is 17.6. The number of nitrogens with one attached hydrogen (secondary N) is 1. The van der Waals surface area contributed by atoms with Gasteiger partial charge in [0.05, 0.1) is 11.7 Å². The normalized spacial score (nSPS) is 23.0. The van der Waals surface area contributed by atoms with Gasteiger partial charge in [-0.05, 0) is 24.1 Å². The van der Waals surface area contributed by atoms with Crippen LogP contribution in [0.1, 0.15) is 18.0 Å². The van der Waals surface area contributed by atoms with E-state index >= 15 is 0 Å². The van der Waals surface area contributed by atoms with Crippen molar-refractivity contribution in [2.75, 3.05) is 37.6 Å². The molecule has 8 nitrogen and oxygen atoms in total. The van der Waals surface area contributed by atoms with E-state index in [0.29, 0.717) is 38.3 Å². The third-order valence-electron chi connectivity index (χ3n) is 6.27. The van der Waals surface area contributed by atoms with Crippen LogP contribution in [0.4, 0.5) is 10.1 Å². The highest BCUT2D eigenvalue weighted by molar-refractivity contribution is 5.91. The van der Waals surface area contributed by atoms with E-state index in [1.54, 1.807) is 34.4 Å². The summed E-state index contributed by atoms with van der Waals surface area (Å²) in [7, 11) is 0. The lowest BCUT2D eigenvalue weighted by Gasteiger charge is -2.37. The van der Waals surface area contributed by atoms with E-state index in [1.807, 2.05) is 35.2 Å². The summed E-state index contributed by atoms with van der Waals surface area (Å²) in [5.41, 5.74) is 4.97. The van der Waals surface area contributed by atoms with Crippen molar-refractivity contribution in [1.29, 1.82) is 0 Å². The number of piperazine rings is 1. The maximum atomic E-state index is 14.0. The quantitative estimate of drug-likeness (QED) is 0.788. The lowest BCUT2D eigenvalue weighted by atomic mass is 10.0. The van der Waals surface area contributed by atoms with E-state index < -0.39 is 0 Å². The summed E-state index contributed by atoms with van der Waals surface area (Å²) in [6.07, 6.45) is 2.19. The Kier molecular flexibility index (Phi) is 5.48. The number of nitrogens with zero attached hydrogens (tertiary/aromatic N) is 5. The molecule has 0 aromatic heterocycles. The van der Waals surface area contributed by atoms with Crippen LogP contribution in [0.15, 0.2) is 59.7 Å². The predicted molar refractivity (Wildman–Crippen MR) is 118 cm³/mol. The Morgan fingerprint density at radius 2 is 1.75 bits per heavy atom.